The van der Waals surface area contributed by atoms with E-state index in [1.807, 2.05) is 10.9 Å². The highest BCUT2D eigenvalue weighted by atomic mass is 15.3. The van der Waals surface area contributed by atoms with Gasteiger partial charge in [-0.15, -0.1) is 0 Å². The number of nitrogens with zero attached hydrogens (tertiary/aromatic N) is 3. The third-order valence-electron chi connectivity index (χ3n) is 3.78. The van der Waals surface area contributed by atoms with Gasteiger partial charge >= 0.3 is 0 Å². The molecule has 3 rings (SSSR count). The first kappa shape index (κ1) is 12.3. The number of hydrogen-bond acceptors (Lipinski definition) is 2. The van der Waals surface area contributed by atoms with Crippen LogP contribution in [-0.4, -0.2) is 22.9 Å². The third kappa shape index (κ3) is 2.50. The molecular formula is C16H21N3. The zero-order valence-electron chi connectivity index (χ0n) is 11.7. The van der Waals surface area contributed by atoms with Crippen molar-refractivity contribution in [3.8, 4) is 11.1 Å². The summed E-state index contributed by atoms with van der Waals surface area (Å²) in [5.41, 5.74) is 3.80. The van der Waals surface area contributed by atoms with Crippen molar-refractivity contribution in [2.24, 2.45) is 0 Å². The Labute approximate surface area is 114 Å². The Bertz CT molecular complexity index is 551. The molecule has 1 aromatic carbocycles. The van der Waals surface area contributed by atoms with Crippen LogP contribution < -0.4 is 4.90 Å². The molecule has 0 aliphatic carbocycles. The summed E-state index contributed by atoms with van der Waals surface area (Å²) in [6.07, 6.45) is 6.72. The fourth-order valence-electron chi connectivity index (χ4n) is 2.63. The van der Waals surface area contributed by atoms with Crippen LogP contribution in [0.2, 0.25) is 0 Å². The van der Waals surface area contributed by atoms with Crippen molar-refractivity contribution in [2.45, 2.75) is 32.7 Å². The van der Waals surface area contributed by atoms with Crippen LogP contribution >= 0.6 is 0 Å². The Balaban J connectivity index is 1.89. The molecular weight excluding hydrogens is 234 g/mol. The lowest BCUT2D eigenvalue weighted by Gasteiger charge is -2.18. The second-order valence-corrected chi connectivity index (χ2v) is 5.55. The topological polar surface area (TPSA) is 21.1 Å². The molecule has 1 aromatic heterocycles. The van der Waals surface area contributed by atoms with Gasteiger partial charge in [0.1, 0.15) is 0 Å². The first-order valence-corrected chi connectivity index (χ1v) is 7.13. The van der Waals surface area contributed by atoms with E-state index < -0.39 is 0 Å². The molecule has 0 unspecified atom stereocenters. The molecule has 0 radical (unpaired) electrons. The van der Waals surface area contributed by atoms with Crippen molar-refractivity contribution in [1.29, 1.82) is 0 Å². The van der Waals surface area contributed by atoms with Crippen LogP contribution in [0, 0.1) is 0 Å². The minimum Gasteiger partial charge on any atom is -0.372 e. The number of benzene rings is 1. The van der Waals surface area contributed by atoms with Gasteiger partial charge < -0.3 is 4.90 Å². The molecule has 1 saturated heterocycles. The molecule has 0 amide bonds. The minimum absolute atomic E-state index is 0.413. The average Bonchev–Trinajstić information content (AvgIpc) is 3.10. The first-order valence-electron chi connectivity index (χ1n) is 7.13. The molecule has 3 nitrogen and oxygen atoms in total. The molecule has 0 atom stereocenters. The van der Waals surface area contributed by atoms with Gasteiger partial charge in [-0.05, 0) is 44.4 Å². The zero-order valence-corrected chi connectivity index (χ0v) is 11.7. The highest BCUT2D eigenvalue weighted by Crippen LogP contribution is 2.27. The van der Waals surface area contributed by atoms with Crippen LogP contribution in [0.15, 0.2) is 36.7 Å². The predicted octanol–water partition coefficient (Wildman–Crippen LogP) is 3.73. The molecule has 0 N–H and O–H groups in total. The summed E-state index contributed by atoms with van der Waals surface area (Å²) in [5, 5.41) is 4.42. The maximum atomic E-state index is 4.42. The summed E-state index contributed by atoms with van der Waals surface area (Å²) in [4.78, 5) is 2.47. The number of rotatable bonds is 3. The van der Waals surface area contributed by atoms with Gasteiger partial charge in [-0.3, -0.25) is 4.68 Å². The number of aromatic nitrogens is 2. The maximum absolute atomic E-state index is 4.42. The van der Waals surface area contributed by atoms with E-state index in [0.717, 1.165) is 0 Å². The summed E-state index contributed by atoms with van der Waals surface area (Å²) in [7, 11) is 0. The summed E-state index contributed by atoms with van der Waals surface area (Å²) in [6, 6.07) is 9.22. The maximum Gasteiger partial charge on any atom is 0.0568 e. The molecule has 19 heavy (non-hydrogen) atoms. The smallest absolute Gasteiger partial charge is 0.0568 e. The lowest BCUT2D eigenvalue weighted by molar-refractivity contribution is 0.532. The van der Waals surface area contributed by atoms with E-state index >= 15 is 0 Å². The predicted molar refractivity (Wildman–Crippen MR) is 79.5 cm³/mol. The fraction of sp³-hybridized carbons (Fsp3) is 0.438. The van der Waals surface area contributed by atoms with E-state index in [0.29, 0.717) is 6.04 Å². The fourth-order valence-corrected chi connectivity index (χ4v) is 2.63. The van der Waals surface area contributed by atoms with Crippen LogP contribution in [0.5, 0.6) is 0 Å². The standard InChI is InChI=1S/C16H21N3/c1-13(2)19-12-15(11-17-19)14-6-5-7-16(10-14)18-8-3-4-9-18/h5-7,10-13H,3-4,8-9H2,1-2H3. The number of anilines is 1. The van der Waals surface area contributed by atoms with Gasteiger partial charge in [0.05, 0.1) is 6.20 Å². The van der Waals surface area contributed by atoms with Crippen LogP contribution in [0.4, 0.5) is 5.69 Å². The highest BCUT2D eigenvalue weighted by molar-refractivity contribution is 5.67. The summed E-state index contributed by atoms with van der Waals surface area (Å²) in [5.74, 6) is 0. The molecule has 1 aliphatic heterocycles. The Morgan fingerprint density at radius 3 is 2.58 bits per heavy atom. The normalized spacial score (nSPS) is 15.4. The molecule has 0 spiro atoms. The monoisotopic (exact) mass is 255 g/mol. The zero-order chi connectivity index (χ0) is 13.2. The van der Waals surface area contributed by atoms with E-state index in [2.05, 4.69) is 54.3 Å². The highest BCUT2D eigenvalue weighted by Gasteiger charge is 2.13. The van der Waals surface area contributed by atoms with Gasteiger partial charge in [0.25, 0.3) is 0 Å². The second-order valence-electron chi connectivity index (χ2n) is 5.55. The van der Waals surface area contributed by atoms with E-state index in [9.17, 15) is 0 Å². The lowest BCUT2D eigenvalue weighted by Crippen LogP contribution is -2.17. The largest absolute Gasteiger partial charge is 0.372 e. The Hall–Kier alpha value is -1.77. The van der Waals surface area contributed by atoms with E-state index in [4.69, 9.17) is 0 Å². The third-order valence-corrected chi connectivity index (χ3v) is 3.78. The van der Waals surface area contributed by atoms with Crippen LogP contribution in [0.1, 0.15) is 32.7 Å². The van der Waals surface area contributed by atoms with Crippen LogP contribution in [-0.2, 0) is 0 Å². The Kier molecular flexibility index (Phi) is 3.28. The molecule has 2 heterocycles. The molecule has 100 valence electrons. The van der Waals surface area contributed by atoms with Gasteiger partial charge in [0, 0.05) is 36.6 Å². The van der Waals surface area contributed by atoms with Crippen molar-refractivity contribution in [2.75, 3.05) is 18.0 Å². The molecule has 0 bridgehead atoms. The molecule has 1 fully saturated rings. The SMILES string of the molecule is CC(C)n1cc(-c2cccc(N3CCCC3)c2)cn1. The summed E-state index contributed by atoms with van der Waals surface area (Å²) in [6.45, 7) is 6.68. The van der Waals surface area contributed by atoms with Gasteiger partial charge in [0.2, 0.25) is 0 Å². The minimum atomic E-state index is 0.413. The molecule has 0 saturated carbocycles. The summed E-state index contributed by atoms with van der Waals surface area (Å²) < 4.78 is 2.01. The lowest BCUT2D eigenvalue weighted by atomic mass is 10.1. The van der Waals surface area contributed by atoms with Crippen LogP contribution in [0.3, 0.4) is 0 Å². The van der Waals surface area contributed by atoms with Gasteiger partial charge in [-0.2, -0.15) is 5.10 Å². The van der Waals surface area contributed by atoms with Gasteiger partial charge in [-0.1, -0.05) is 12.1 Å². The Morgan fingerprint density at radius 2 is 1.89 bits per heavy atom. The second kappa shape index (κ2) is 5.08. The first-order chi connectivity index (χ1) is 9.24. The van der Waals surface area contributed by atoms with Crippen LogP contribution in [0.25, 0.3) is 11.1 Å². The molecule has 3 heteroatoms. The van der Waals surface area contributed by atoms with E-state index in [-0.39, 0.29) is 0 Å². The van der Waals surface area contributed by atoms with Crippen molar-refractivity contribution in [1.82, 2.24) is 9.78 Å². The van der Waals surface area contributed by atoms with Crippen molar-refractivity contribution in [3.05, 3.63) is 36.7 Å². The van der Waals surface area contributed by atoms with Crippen molar-refractivity contribution in [3.63, 3.8) is 0 Å². The number of hydrogen-bond donors (Lipinski definition) is 0. The van der Waals surface area contributed by atoms with Gasteiger partial charge in [0.15, 0.2) is 0 Å². The van der Waals surface area contributed by atoms with E-state index in [1.54, 1.807) is 0 Å². The Morgan fingerprint density at radius 1 is 1.11 bits per heavy atom. The summed E-state index contributed by atoms with van der Waals surface area (Å²) >= 11 is 0. The molecule has 1 aliphatic rings. The van der Waals surface area contributed by atoms with Crippen molar-refractivity contribution < 1.29 is 0 Å². The van der Waals surface area contributed by atoms with Gasteiger partial charge in [-0.25, -0.2) is 0 Å². The average molecular weight is 255 g/mol. The quantitative estimate of drug-likeness (QED) is 0.833. The van der Waals surface area contributed by atoms with Crippen molar-refractivity contribution >= 4 is 5.69 Å². The molecule has 2 aromatic rings. The van der Waals surface area contributed by atoms with E-state index in [1.165, 1.54) is 42.7 Å².